The standard InChI is InChI=1S/C16H16N2O3/c1-10-15-13(5-6-17-10)12-4-3-11(21-2)9-14(12)16(20)18(15)7-8-19/h3-6,9,19H,7-8H2,1-2H3. The number of benzene rings is 1. The molecule has 0 atom stereocenters. The van der Waals surface area contributed by atoms with Crippen LogP contribution in [0.15, 0.2) is 35.3 Å². The predicted octanol–water partition coefficient (Wildman–Crippen LogP) is 1.86. The van der Waals surface area contributed by atoms with Gasteiger partial charge in [0, 0.05) is 18.1 Å². The van der Waals surface area contributed by atoms with Gasteiger partial charge in [-0.25, -0.2) is 0 Å². The smallest absolute Gasteiger partial charge is 0.259 e. The Balaban J connectivity index is 2.55. The minimum absolute atomic E-state index is 0.0984. The third-order valence-electron chi connectivity index (χ3n) is 3.69. The second kappa shape index (κ2) is 5.18. The van der Waals surface area contributed by atoms with Gasteiger partial charge in [-0.05, 0) is 36.6 Å². The van der Waals surface area contributed by atoms with E-state index in [0.717, 1.165) is 22.0 Å². The Morgan fingerprint density at radius 2 is 2.05 bits per heavy atom. The average Bonchev–Trinajstić information content (AvgIpc) is 2.51. The van der Waals surface area contributed by atoms with E-state index in [2.05, 4.69) is 4.98 Å². The van der Waals surface area contributed by atoms with Crippen LogP contribution in [-0.2, 0) is 6.54 Å². The molecule has 0 spiro atoms. The normalized spacial score (nSPS) is 11.2. The molecule has 21 heavy (non-hydrogen) atoms. The Morgan fingerprint density at radius 3 is 2.76 bits per heavy atom. The highest BCUT2D eigenvalue weighted by molar-refractivity contribution is 6.06. The third kappa shape index (κ3) is 2.06. The fourth-order valence-electron chi connectivity index (χ4n) is 2.74. The number of hydrogen-bond acceptors (Lipinski definition) is 4. The van der Waals surface area contributed by atoms with E-state index >= 15 is 0 Å². The highest BCUT2D eigenvalue weighted by Crippen LogP contribution is 2.26. The molecule has 0 saturated heterocycles. The summed E-state index contributed by atoms with van der Waals surface area (Å²) in [5.41, 5.74) is 1.41. The highest BCUT2D eigenvalue weighted by Gasteiger charge is 2.13. The number of aliphatic hydroxyl groups excluding tert-OH is 1. The van der Waals surface area contributed by atoms with Crippen molar-refractivity contribution in [2.24, 2.45) is 0 Å². The first-order valence-corrected chi connectivity index (χ1v) is 6.74. The molecule has 0 aliphatic rings. The number of aliphatic hydroxyl groups is 1. The van der Waals surface area contributed by atoms with Gasteiger partial charge in [0.25, 0.3) is 5.56 Å². The van der Waals surface area contributed by atoms with Gasteiger partial charge in [0.15, 0.2) is 0 Å². The maximum atomic E-state index is 12.7. The largest absolute Gasteiger partial charge is 0.497 e. The first-order chi connectivity index (χ1) is 10.2. The van der Waals surface area contributed by atoms with Crippen LogP contribution in [0.2, 0.25) is 0 Å². The second-order valence-corrected chi connectivity index (χ2v) is 4.88. The van der Waals surface area contributed by atoms with Gasteiger partial charge in [-0.2, -0.15) is 0 Å². The van der Waals surface area contributed by atoms with Crippen LogP contribution in [0.5, 0.6) is 5.75 Å². The molecule has 2 heterocycles. The van der Waals surface area contributed by atoms with Crippen LogP contribution in [-0.4, -0.2) is 28.4 Å². The molecule has 0 amide bonds. The Labute approximate surface area is 121 Å². The van der Waals surface area contributed by atoms with Crippen molar-refractivity contribution in [1.29, 1.82) is 0 Å². The van der Waals surface area contributed by atoms with Crippen molar-refractivity contribution in [3.8, 4) is 5.75 Å². The van der Waals surface area contributed by atoms with Gasteiger partial charge in [0.2, 0.25) is 0 Å². The molecule has 1 aromatic carbocycles. The summed E-state index contributed by atoms with van der Waals surface area (Å²) in [6, 6.07) is 7.36. The maximum Gasteiger partial charge on any atom is 0.259 e. The molecule has 0 unspecified atom stereocenters. The lowest BCUT2D eigenvalue weighted by Gasteiger charge is -2.14. The van der Waals surface area contributed by atoms with Gasteiger partial charge >= 0.3 is 0 Å². The number of pyridine rings is 2. The Hall–Kier alpha value is -2.40. The van der Waals surface area contributed by atoms with Crippen LogP contribution in [0.1, 0.15) is 5.69 Å². The molecule has 0 fully saturated rings. The number of nitrogens with zero attached hydrogens (tertiary/aromatic N) is 2. The summed E-state index contributed by atoms with van der Waals surface area (Å²) in [4.78, 5) is 17.0. The third-order valence-corrected chi connectivity index (χ3v) is 3.69. The van der Waals surface area contributed by atoms with Crippen LogP contribution in [0.25, 0.3) is 21.7 Å². The van der Waals surface area contributed by atoms with Crippen molar-refractivity contribution < 1.29 is 9.84 Å². The zero-order valence-corrected chi connectivity index (χ0v) is 12.0. The lowest BCUT2D eigenvalue weighted by atomic mass is 10.1. The highest BCUT2D eigenvalue weighted by atomic mass is 16.5. The molecule has 2 aromatic heterocycles. The average molecular weight is 284 g/mol. The van der Waals surface area contributed by atoms with Gasteiger partial charge in [0.05, 0.1) is 30.3 Å². The van der Waals surface area contributed by atoms with Crippen LogP contribution in [0.3, 0.4) is 0 Å². The molecular formula is C16H16N2O3. The van der Waals surface area contributed by atoms with Crippen LogP contribution < -0.4 is 10.3 Å². The van der Waals surface area contributed by atoms with Crippen molar-refractivity contribution in [2.75, 3.05) is 13.7 Å². The van der Waals surface area contributed by atoms with Crippen molar-refractivity contribution in [1.82, 2.24) is 9.55 Å². The van der Waals surface area contributed by atoms with Gasteiger partial charge in [-0.1, -0.05) is 0 Å². The van der Waals surface area contributed by atoms with E-state index in [4.69, 9.17) is 4.74 Å². The van der Waals surface area contributed by atoms with Crippen molar-refractivity contribution >= 4 is 21.7 Å². The predicted molar refractivity (Wildman–Crippen MR) is 81.9 cm³/mol. The van der Waals surface area contributed by atoms with E-state index in [1.807, 2.05) is 25.1 Å². The SMILES string of the molecule is COc1ccc2c(c1)c(=O)n(CCO)c1c(C)nccc21. The van der Waals surface area contributed by atoms with Gasteiger partial charge < -0.3 is 14.4 Å². The summed E-state index contributed by atoms with van der Waals surface area (Å²) in [5.74, 6) is 0.639. The van der Waals surface area contributed by atoms with Crippen LogP contribution >= 0.6 is 0 Å². The number of rotatable bonds is 3. The Kier molecular flexibility index (Phi) is 3.35. The molecule has 1 N–H and O–H groups in total. The minimum Gasteiger partial charge on any atom is -0.497 e. The fraction of sp³-hybridized carbons (Fsp3) is 0.250. The van der Waals surface area contributed by atoms with E-state index in [0.29, 0.717) is 11.1 Å². The lowest BCUT2D eigenvalue weighted by molar-refractivity contribution is 0.276. The summed E-state index contributed by atoms with van der Waals surface area (Å²) >= 11 is 0. The van der Waals surface area contributed by atoms with E-state index in [1.54, 1.807) is 23.9 Å². The van der Waals surface area contributed by atoms with Crippen molar-refractivity contribution in [3.63, 3.8) is 0 Å². The quantitative estimate of drug-likeness (QED) is 0.746. The number of aromatic nitrogens is 2. The zero-order valence-electron chi connectivity index (χ0n) is 12.0. The summed E-state index contributed by atoms with van der Waals surface area (Å²) < 4.78 is 6.79. The first-order valence-electron chi connectivity index (χ1n) is 6.74. The minimum atomic E-state index is -0.137. The van der Waals surface area contributed by atoms with E-state index < -0.39 is 0 Å². The first kappa shape index (κ1) is 13.6. The van der Waals surface area contributed by atoms with E-state index in [-0.39, 0.29) is 18.7 Å². The molecular weight excluding hydrogens is 268 g/mol. The van der Waals surface area contributed by atoms with E-state index in [9.17, 15) is 9.90 Å². The molecule has 5 nitrogen and oxygen atoms in total. The summed E-state index contributed by atoms with van der Waals surface area (Å²) in [6.45, 7) is 2.01. The summed E-state index contributed by atoms with van der Waals surface area (Å²) in [7, 11) is 1.57. The molecule has 3 aromatic rings. The van der Waals surface area contributed by atoms with Crippen LogP contribution in [0.4, 0.5) is 0 Å². The lowest BCUT2D eigenvalue weighted by Crippen LogP contribution is -2.23. The molecule has 108 valence electrons. The zero-order chi connectivity index (χ0) is 15.0. The fourth-order valence-corrected chi connectivity index (χ4v) is 2.74. The number of methoxy groups -OCH3 is 1. The maximum absolute atomic E-state index is 12.7. The summed E-state index contributed by atoms with van der Waals surface area (Å²) in [6.07, 6.45) is 1.73. The monoisotopic (exact) mass is 284 g/mol. The number of hydrogen-bond donors (Lipinski definition) is 1. The number of fused-ring (bicyclic) bond motifs is 3. The Bertz CT molecular complexity index is 884. The van der Waals surface area contributed by atoms with Crippen molar-refractivity contribution in [3.05, 3.63) is 46.5 Å². The molecule has 3 rings (SSSR count). The second-order valence-electron chi connectivity index (χ2n) is 4.88. The topological polar surface area (TPSA) is 64.3 Å². The molecule has 0 radical (unpaired) electrons. The molecule has 0 bridgehead atoms. The summed E-state index contributed by atoms with van der Waals surface area (Å²) in [5, 5.41) is 11.7. The molecule has 0 saturated carbocycles. The van der Waals surface area contributed by atoms with E-state index in [1.165, 1.54) is 0 Å². The number of aryl methyl sites for hydroxylation is 1. The van der Waals surface area contributed by atoms with Gasteiger partial charge in [-0.15, -0.1) is 0 Å². The molecule has 0 aliphatic heterocycles. The van der Waals surface area contributed by atoms with Gasteiger partial charge in [-0.3, -0.25) is 9.78 Å². The van der Waals surface area contributed by atoms with Crippen molar-refractivity contribution in [2.45, 2.75) is 13.5 Å². The number of ether oxygens (including phenoxy) is 1. The van der Waals surface area contributed by atoms with Gasteiger partial charge in [0.1, 0.15) is 5.75 Å². The van der Waals surface area contributed by atoms with Crippen LogP contribution in [0, 0.1) is 6.92 Å². The molecule has 0 aliphatic carbocycles. The molecule has 5 heteroatoms. The Morgan fingerprint density at radius 1 is 1.24 bits per heavy atom.